The van der Waals surface area contributed by atoms with Crippen LogP contribution in [0.5, 0.6) is 0 Å². The lowest BCUT2D eigenvalue weighted by molar-refractivity contribution is -0.170. The molecular formula is C31H43FN4O7. The number of aryl methyl sites for hydroxylation is 2. The SMILES string of the molecule is CCCCC1(N(C)C)CCC(c2[nH]c3ccc(F)cc3c2CCn2cccn2)CC1.O=C(O)CC(O)(CC(=O)O)C(=O)O. The molecule has 0 bridgehead atoms. The molecule has 12 heteroatoms. The Bertz CT molecular complexity index is 1360. The van der Waals surface area contributed by atoms with Gasteiger partial charge in [-0.2, -0.15) is 5.10 Å². The topological polar surface area (TPSA) is 169 Å². The molecule has 0 aliphatic heterocycles. The van der Waals surface area contributed by atoms with Crippen LogP contribution in [0.1, 0.15) is 81.9 Å². The molecule has 0 atom stereocenters. The van der Waals surface area contributed by atoms with Crippen molar-refractivity contribution in [2.75, 3.05) is 14.1 Å². The van der Waals surface area contributed by atoms with E-state index in [2.05, 4.69) is 36.0 Å². The Morgan fingerprint density at radius 1 is 1.14 bits per heavy atom. The molecule has 5 N–H and O–H groups in total. The van der Waals surface area contributed by atoms with Gasteiger partial charge in [-0.25, -0.2) is 9.18 Å². The number of hydrogen-bond acceptors (Lipinski definition) is 6. The Hall–Kier alpha value is -3.77. The zero-order valence-electron chi connectivity index (χ0n) is 25.1. The predicted octanol–water partition coefficient (Wildman–Crippen LogP) is 4.65. The first kappa shape index (κ1) is 33.7. The maximum absolute atomic E-state index is 14.1. The second-order valence-corrected chi connectivity index (χ2v) is 11.7. The monoisotopic (exact) mass is 602 g/mol. The minimum absolute atomic E-state index is 0.164. The summed E-state index contributed by atoms with van der Waals surface area (Å²) in [7, 11) is 4.49. The minimum Gasteiger partial charge on any atom is -0.481 e. The second kappa shape index (κ2) is 14.6. The summed E-state index contributed by atoms with van der Waals surface area (Å²) in [6, 6.07) is 7.10. The van der Waals surface area contributed by atoms with Crippen LogP contribution in [-0.2, 0) is 27.3 Å². The number of aromatic nitrogens is 3. The number of unbranched alkanes of at least 4 members (excludes halogenated alkanes) is 1. The fourth-order valence-electron chi connectivity index (χ4n) is 6.10. The van der Waals surface area contributed by atoms with Gasteiger partial charge in [-0.05, 0) is 88.4 Å². The molecule has 0 radical (unpaired) electrons. The molecule has 1 aromatic carbocycles. The van der Waals surface area contributed by atoms with Gasteiger partial charge in [0.2, 0.25) is 0 Å². The average molecular weight is 603 g/mol. The van der Waals surface area contributed by atoms with Crippen molar-refractivity contribution in [1.82, 2.24) is 19.7 Å². The van der Waals surface area contributed by atoms with Crippen LogP contribution < -0.4 is 0 Å². The molecule has 2 heterocycles. The number of aliphatic hydroxyl groups is 1. The van der Waals surface area contributed by atoms with Crippen LogP contribution in [0.3, 0.4) is 0 Å². The molecule has 0 spiro atoms. The molecule has 0 saturated heterocycles. The number of aliphatic carboxylic acids is 3. The third-order valence-corrected chi connectivity index (χ3v) is 8.61. The second-order valence-electron chi connectivity index (χ2n) is 11.7. The Labute approximate surface area is 250 Å². The van der Waals surface area contributed by atoms with Gasteiger partial charge >= 0.3 is 17.9 Å². The summed E-state index contributed by atoms with van der Waals surface area (Å²) < 4.78 is 16.0. The van der Waals surface area contributed by atoms with Crippen LogP contribution in [0, 0.1) is 5.82 Å². The number of rotatable bonds is 13. The molecule has 236 valence electrons. The summed E-state index contributed by atoms with van der Waals surface area (Å²) in [6.45, 7) is 3.10. The summed E-state index contributed by atoms with van der Waals surface area (Å²) in [5.41, 5.74) is 1.25. The molecular weight excluding hydrogens is 559 g/mol. The molecule has 0 amide bonds. The molecule has 43 heavy (non-hydrogen) atoms. The number of benzene rings is 1. The van der Waals surface area contributed by atoms with Crippen molar-refractivity contribution in [3.05, 3.63) is 53.7 Å². The number of carboxylic acids is 3. The molecule has 4 rings (SSSR count). The summed E-state index contributed by atoms with van der Waals surface area (Å²) in [6.07, 6.45) is 11.1. The van der Waals surface area contributed by atoms with Gasteiger partial charge in [0.25, 0.3) is 0 Å². The Morgan fingerprint density at radius 3 is 2.30 bits per heavy atom. The molecule has 1 aliphatic carbocycles. The van der Waals surface area contributed by atoms with Crippen LogP contribution in [0.25, 0.3) is 10.9 Å². The lowest BCUT2D eigenvalue weighted by Crippen LogP contribution is -2.46. The van der Waals surface area contributed by atoms with Crippen molar-refractivity contribution >= 4 is 28.8 Å². The van der Waals surface area contributed by atoms with E-state index in [1.54, 1.807) is 12.1 Å². The number of H-pyrrole nitrogens is 1. The van der Waals surface area contributed by atoms with Crippen LogP contribution in [0.4, 0.5) is 4.39 Å². The van der Waals surface area contributed by atoms with Crippen LogP contribution >= 0.6 is 0 Å². The van der Waals surface area contributed by atoms with Crippen LogP contribution in [0.2, 0.25) is 0 Å². The molecule has 0 unspecified atom stereocenters. The highest BCUT2D eigenvalue weighted by atomic mass is 19.1. The van der Waals surface area contributed by atoms with E-state index in [0.29, 0.717) is 11.5 Å². The smallest absolute Gasteiger partial charge is 0.336 e. The van der Waals surface area contributed by atoms with Gasteiger partial charge in [0, 0.05) is 41.1 Å². The third kappa shape index (κ3) is 8.64. The fourth-order valence-corrected chi connectivity index (χ4v) is 6.10. The third-order valence-electron chi connectivity index (χ3n) is 8.61. The number of aromatic amines is 1. The molecule has 11 nitrogen and oxygen atoms in total. The van der Waals surface area contributed by atoms with Gasteiger partial charge in [-0.3, -0.25) is 14.3 Å². The molecule has 2 aromatic heterocycles. The average Bonchev–Trinajstić information content (AvgIpc) is 3.58. The number of nitrogens with one attached hydrogen (secondary N) is 1. The molecule has 1 fully saturated rings. The lowest BCUT2D eigenvalue weighted by Gasteiger charge is -2.45. The number of carboxylic acid groups (broad SMARTS) is 3. The molecule has 3 aromatic rings. The van der Waals surface area contributed by atoms with E-state index in [1.807, 2.05) is 29.2 Å². The number of nitrogens with zero attached hydrogens (tertiary/aromatic N) is 3. The lowest BCUT2D eigenvalue weighted by atomic mass is 9.72. The summed E-state index contributed by atoms with van der Waals surface area (Å²) in [4.78, 5) is 36.6. The zero-order valence-corrected chi connectivity index (χ0v) is 25.1. The predicted molar refractivity (Wildman–Crippen MR) is 158 cm³/mol. The fraction of sp³-hybridized carbons (Fsp3) is 0.548. The standard InChI is InChI=1S/C25H35FN4.C6H8O7/c1-4-5-12-25(29(2)3)13-9-19(10-14-25)24-21(11-17-30-16-6-15-27-30)22-18-20(26)7-8-23(22)28-24;7-3(8)1-6(13,5(11)12)2-4(9)10/h6-8,15-16,18-19,28H,4-5,9-14,17H2,1-3H3;13H,1-2H2,(H,7,8)(H,9,10)(H,11,12). The first-order chi connectivity index (χ1) is 20.3. The highest BCUT2D eigenvalue weighted by Crippen LogP contribution is 2.44. The largest absolute Gasteiger partial charge is 0.481 e. The van der Waals surface area contributed by atoms with E-state index in [1.165, 1.54) is 56.2 Å². The Morgan fingerprint density at radius 2 is 1.79 bits per heavy atom. The normalized spacial score (nSPS) is 18.8. The highest BCUT2D eigenvalue weighted by Gasteiger charge is 2.41. The Kier molecular flexibility index (Phi) is 11.5. The first-order valence-corrected chi connectivity index (χ1v) is 14.6. The van der Waals surface area contributed by atoms with E-state index in [-0.39, 0.29) is 5.82 Å². The van der Waals surface area contributed by atoms with Gasteiger partial charge in [0.15, 0.2) is 5.60 Å². The van der Waals surface area contributed by atoms with E-state index < -0.39 is 36.4 Å². The quantitative estimate of drug-likeness (QED) is 0.187. The van der Waals surface area contributed by atoms with Crippen molar-refractivity contribution in [2.45, 2.75) is 94.7 Å². The van der Waals surface area contributed by atoms with Gasteiger partial charge in [0.1, 0.15) is 5.82 Å². The van der Waals surface area contributed by atoms with Gasteiger partial charge in [-0.15, -0.1) is 0 Å². The van der Waals surface area contributed by atoms with Crippen molar-refractivity contribution in [3.8, 4) is 0 Å². The van der Waals surface area contributed by atoms with E-state index in [9.17, 15) is 18.8 Å². The summed E-state index contributed by atoms with van der Waals surface area (Å²) >= 11 is 0. The van der Waals surface area contributed by atoms with Crippen molar-refractivity contribution < 1.29 is 39.2 Å². The maximum Gasteiger partial charge on any atom is 0.336 e. The van der Waals surface area contributed by atoms with E-state index >= 15 is 0 Å². The molecule has 1 saturated carbocycles. The number of carbonyl (C=O) groups is 3. The van der Waals surface area contributed by atoms with E-state index in [4.69, 9.17) is 20.4 Å². The van der Waals surface area contributed by atoms with Gasteiger partial charge in [-0.1, -0.05) is 19.8 Å². The molecule has 1 aliphatic rings. The van der Waals surface area contributed by atoms with Crippen molar-refractivity contribution in [2.24, 2.45) is 0 Å². The number of halogens is 1. The zero-order chi connectivity index (χ0) is 31.8. The first-order valence-electron chi connectivity index (χ1n) is 14.6. The van der Waals surface area contributed by atoms with E-state index in [0.717, 1.165) is 23.9 Å². The number of hydrogen-bond donors (Lipinski definition) is 5. The number of fused-ring (bicyclic) bond motifs is 1. The van der Waals surface area contributed by atoms with Crippen LogP contribution in [-0.4, -0.2) is 83.2 Å². The van der Waals surface area contributed by atoms with Crippen molar-refractivity contribution in [3.63, 3.8) is 0 Å². The van der Waals surface area contributed by atoms with Gasteiger partial charge < -0.3 is 30.3 Å². The van der Waals surface area contributed by atoms with Crippen molar-refractivity contribution in [1.29, 1.82) is 0 Å². The maximum atomic E-state index is 14.1. The van der Waals surface area contributed by atoms with Crippen LogP contribution in [0.15, 0.2) is 36.7 Å². The summed E-state index contributed by atoms with van der Waals surface area (Å²) in [5, 5.41) is 39.2. The minimum atomic E-state index is -2.74. The van der Waals surface area contributed by atoms with Gasteiger partial charge in [0.05, 0.1) is 12.8 Å². The summed E-state index contributed by atoms with van der Waals surface area (Å²) in [5.74, 6) is -4.67. The highest BCUT2D eigenvalue weighted by molar-refractivity contribution is 5.88. The Balaban J connectivity index is 0.000000331.